The van der Waals surface area contributed by atoms with Crippen LogP contribution in [0.5, 0.6) is 0 Å². The van der Waals surface area contributed by atoms with Crippen LogP contribution in [0.15, 0.2) is 60.9 Å². The molecule has 1 atom stereocenters. The number of nitrogens with one attached hydrogen (secondary N) is 1. The van der Waals surface area contributed by atoms with Gasteiger partial charge < -0.3 is 5.32 Å². The van der Waals surface area contributed by atoms with E-state index in [-0.39, 0.29) is 11.4 Å². The Morgan fingerprint density at radius 1 is 1.16 bits per heavy atom. The van der Waals surface area contributed by atoms with Gasteiger partial charge in [-0.25, -0.2) is 9.07 Å². The summed E-state index contributed by atoms with van der Waals surface area (Å²) in [5.74, 6) is -0.235. The molecule has 3 aromatic rings. The Balaban J connectivity index is 1.50. The molecule has 2 aromatic carbocycles. The second kappa shape index (κ2) is 6.45. The Bertz CT molecular complexity index is 869. The molecule has 1 N–H and O–H groups in total. The van der Waals surface area contributed by atoms with Gasteiger partial charge in [0.05, 0.1) is 11.9 Å². The molecule has 0 fully saturated rings. The van der Waals surface area contributed by atoms with Crippen LogP contribution in [0.2, 0.25) is 0 Å². The molecule has 3 nitrogen and oxygen atoms in total. The quantitative estimate of drug-likeness (QED) is 0.768. The summed E-state index contributed by atoms with van der Waals surface area (Å²) < 4.78 is 14.8. The van der Waals surface area contributed by atoms with E-state index in [9.17, 15) is 4.39 Å². The monoisotopic (exact) mass is 335 g/mol. The fourth-order valence-electron chi connectivity index (χ4n) is 3.71. The molecule has 1 heterocycles. The highest BCUT2D eigenvalue weighted by atomic mass is 19.1. The summed E-state index contributed by atoms with van der Waals surface area (Å²) in [4.78, 5) is 0. The zero-order valence-electron chi connectivity index (χ0n) is 14.4. The summed E-state index contributed by atoms with van der Waals surface area (Å²) in [6, 6.07) is 15.1. The number of nitrogens with zero attached hydrogens (tertiary/aromatic N) is 2. The Hall–Kier alpha value is -2.46. The maximum absolute atomic E-state index is 13.1. The zero-order valence-corrected chi connectivity index (χ0v) is 14.4. The zero-order chi connectivity index (χ0) is 17.3. The second-order valence-corrected chi connectivity index (χ2v) is 6.97. The SMILES string of the molecule is C[C@]1(NCc2cnn(-c3ccc(F)cc3)c2)CCCc2ccccc21. The number of hydrogen-bond donors (Lipinski definition) is 1. The lowest BCUT2D eigenvalue weighted by atomic mass is 9.78. The van der Waals surface area contributed by atoms with E-state index in [1.54, 1.807) is 16.8 Å². The number of aryl methyl sites for hydroxylation is 1. The van der Waals surface area contributed by atoms with Gasteiger partial charge in [-0.1, -0.05) is 24.3 Å². The van der Waals surface area contributed by atoms with Crippen molar-refractivity contribution in [2.75, 3.05) is 0 Å². The number of aromatic nitrogens is 2. The number of rotatable bonds is 4. The molecule has 0 spiro atoms. The standard InChI is InChI=1S/C21H22FN3/c1-21(12-4-6-17-5-2-3-7-20(17)21)23-13-16-14-24-25(15-16)19-10-8-18(22)9-11-19/h2-3,5,7-11,14-15,23H,4,6,12-13H2,1H3/t21-/m0/s1. The molecule has 0 unspecified atom stereocenters. The van der Waals surface area contributed by atoms with Crippen LogP contribution in [0, 0.1) is 5.82 Å². The van der Waals surface area contributed by atoms with Crippen LogP contribution < -0.4 is 5.32 Å². The molecule has 0 radical (unpaired) electrons. The lowest BCUT2D eigenvalue weighted by Gasteiger charge is -2.37. The van der Waals surface area contributed by atoms with Gasteiger partial charge in [-0.2, -0.15) is 5.10 Å². The highest BCUT2D eigenvalue weighted by Gasteiger charge is 2.31. The first-order valence-electron chi connectivity index (χ1n) is 8.77. The molecule has 0 saturated carbocycles. The van der Waals surface area contributed by atoms with Gasteiger partial charge in [-0.15, -0.1) is 0 Å². The van der Waals surface area contributed by atoms with Gasteiger partial charge in [-0.3, -0.25) is 0 Å². The predicted octanol–water partition coefficient (Wildman–Crippen LogP) is 4.35. The average Bonchev–Trinajstić information content (AvgIpc) is 3.10. The van der Waals surface area contributed by atoms with E-state index < -0.39 is 0 Å². The van der Waals surface area contributed by atoms with Crippen LogP contribution in [0.4, 0.5) is 4.39 Å². The number of halogens is 1. The third-order valence-electron chi connectivity index (χ3n) is 5.14. The fraction of sp³-hybridized carbons (Fsp3) is 0.286. The number of hydrogen-bond acceptors (Lipinski definition) is 2. The summed E-state index contributed by atoms with van der Waals surface area (Å²) in [5.41, 5.74) is 4.83. The van der Waals surface area contributed by atoms with Gasteiger partial charge in [0, 0.05) is 23.8 Å². The van der Waals surface area contributed by atoms with Gasteiger partial charge in [0.1, 0.15) is 5.82 Å². The number of benzene rings is 2. The molecular formula is C21H22FN3. The van der Waals surface area contributed by atoms with Gasteiger partial charge in [-0.05, 0) is 61.6 Å². The molecule has 4 heteroatoms. The molecular weight excluding hydrogens is 313 g/mol. The third kappa shape index (κ3) is 3.22. The summed E-state index contributed by atoms with van der Waals surface area (Å²) >= 11 is 0. The third-order valence-corrected chi connectivity index (χ3v) is 5.14. The minimum Gasteiger partial charge on any atom is -0.303 e. The minimum atomic E-state index is -0.235. The van der Waals surface area contributed by atoms with Gasteiger partial charge in [0.2, 0.25) is 0 Å². The van der Waals surface area contributed by atoms with Crippen LogP contribution in [0.25, 0.3) is 5.69 Å². The second-order valence-electron chi connectivity index (χ2n) is 6.97. The molecule has 25 heavy (non-hydrogen) atoms. The molecule has 0 amide bonds. The predicted molar refractivity (Wildman–Crippen MR) is 97.1 cm³/mol. The summed E-state index contributed by atoms with van der Waals surface area (Å²) in [6.07, 6.45) is 7.37. The Morgan fingerprint density at radius 2 is 1.96 bits per heavy atom. The van der Waals surface area contributed by atoms with Crippen LogP contribution in [-0.4, -0.2) is 9.78 Å². The topological polar surface area (TPSA) is 29.9 Å². The first-order valence-corrected chi connectivity index (χ1v) is 8.77. The Labute approximate surface area is 147 Å². The van der Waals surface area contributed by atoms with Crippen LogP contribution in [0.3, 0.4) is 0 Å². The van der Waals surface area contributed by atoms with Crippen molar-refractivity contribution in [1.29, 1.82) is 0 Å². The van der Waals surface area contributed by atoms with E-state index in [1.807, 2.05) is 12.4 Å². The Kier molecular flexibility index (Phi) is 4.14. The largest absolute Gasteiger partial charge is 0.303 e. The van der Waals surface area contributed by atoms with Gasteiger partial charge in [0.25, 0.3) is 0 Å². The highest BCUT2D eigenvalue weighted by molar-refractivity contribution is 5.36. The van der Waals surface area contributed by atoms with Crippen molar-refractivity contribution in [3.63, 3.8) is 0 Å². The van der Waals surface area contributed by atoms with E-state index in [0.717, 1.165) is 30.6 Å². The smallest absolute Gasteiger partial charge is 0.123 e. The molecule has 0 bridgehead atoms. The molecule has 1 aliphatic carbocycles. The highest BCUT2D eigenvalue weighted by Crippen LogP contribution is 2.35. The first-order chi connectivity index (χ1) is 12.1. The van der Waals surface area contributed by atoms with E-state index >= 15 is 0 Å². The van der Waals surface area contributed by atoms with Crippen LogP contribution in [0.1, 0.15) is 36.5 Å². The summed E-state index contributed by atoms with van der Waals surface area (Å²) in [7, 11) is 0. The van der Waals surface area contributed by atoms with Crippen molar-refractivity contribution < 1.29 is 4.39 Å². The van der Waals surface area contributed by atoms with E-state index in [2.05, 4.69) is 41.6 Å². The maximum atomic E-state index is 13.1. The van der Waals surface area contributed by atoms with E-state index in [0.29, 0.717) is 0 Å². The van der Waals surface area contributed by atoms with Crippen molar-refractivity contribution in [3.8, 4) is 5.69 Å². The van der Waals surface area contributed by atoms with E-state index in [4.69, 9.17) is 0 Å². The van der Waals surface area contributed by atoms with Crippen LogP contribution >= 0.6 is 0 Å². The average molecular weight is 335 g/mol. The van der Waals surface area contributed by atoms with Gasteiger partial charge in [0.15, 0.2) is 0 Å². The molecule has 1 aliphatic rings. The van der Waals surface area contributed by atoms with Crippen molar-refractivity contribution >= 4 is 0 Å². The molecule has 1 aromatic heterocycles. The van der Waals surface area contributed by atoms with Crippen molar-refractivity contribution in [2.24, 2.45) is 0 Å². The van der Waals surface area contributed by atoms with Crippen molar-refractivity contribution in [3.05, 3.63) is 83.4 Å². The van der Waals surface area contributed by atoms with E-state index in [1.165, 1.54) is 29.7 Å². The summed E-state index contributed by atoms with van der Waals surface area (Å²) in [5, 5.41) is 8.13. The van der Waals surface area contributed by atoms with Crippen molar-refractivity contribution in [1.82, 2.24) is 15.1 Å². The molecule has 4 rings (SSSR count). The molecule has 0 aliphatic heterocycles. The summed E-state index contributed by atoms with van der Waals surface area (Å²) in [6.45, 7) is 3.04. The fourth-order valence-corrected chi connectivity index (χ4v) is 3.71. The van der Waals surface area contributed by atoms with Gasteiger partial charge >= 0.3 is 0 Å². The number of fused-ring (bicyclic) bond motifs is 1. The maximum Gasteiger partial charge on any atom is 0.123 e. The Morgan fingerprint density at radius 3 is 2.80 bits per heavy atom. The normalized spacial score (nSPS) is 19.6. The molecule has 0 saturated heterocycles. The van der Waals surface area contributed by atoms with Crippen LogP contribution in [-0.2, 0) is 18.5 Å². The lowest BCUT2D eigenvalue weighted by Crippen LogP contribution is -2.41. The molecule has 128 valence electrons. The van der Waals surface area contributed by atoms with Crippen molar-refractivity contribution in [2.45, 2.75) is 38.3 Å². The minimum absolute atomic E-state index is 0.00712. The lowest BCUT2D eigenvalue weighted by molar-refractivity contribution is 0.311. The first kappa shape index (κ1) is 16.0.